The van der Waals surface area contributed by atoms with E-state index in [1.807, 2.05) is 0 Å². The van der Waals surface area contributed by atoms with Crippen LogP contribution in [0.4, 0.5) is 14.5 Å². The standard InChI is InChI=1S/C30H28F2N4O5/c1-17-26(29(37)35-13-11-18(16-35)21-9-8-19(31)14-22(21)32)30(38)36(27-24(40-3)6-5-7-25(27)41-4)28(34-17)23-15-20(39-2)10-12-33-23/h5-10,12,14-15,18,38H,1,11,13,16H2,2-4H3. The van der Waals surface area contributed by atoms with Crippen LogP contribution >= 0.6 is 0 Å². The number of ether oxygens (including phenoxy) is 3. The smallest absolute Gasteiger partial charge is 0.261 e. The molecular formula is C30H28F2N4O5. The third-order valence-electron chi connectivity index (χ3n) is 7.09. The minimum absolute atomic E-state index is 0.00801. The molecule has 5 rings (SSSR count). The van der Waals surface area contributed by atoms with Crippen molar-refractivity contribution in [2.45, 2.75) is 12.3 Å². The molecule has 3 heterocycles. The fourth-order valence-electron chi connectivity index (χ4n) is 5.08. The topological polar surface area (TPSA) is 96.7 Å². The highest BCUT2D eigenvalue weighted by atomic mass is 19.1. The molecule has 9 nitrogen and oxygen atoms in total. The normalized spacial score (nSPS) is 17.0. The second-order valence-corrected chi connectivity index (χ2v) is 9.41. The van der Waals surface area contributed by atoms with Crippen molar-refractivity contribution in [1.82, 2.24) is 9.88 Å². The van der Waals surface area contributed by atoms with Crippen molar-refractivity contribution in [3.63, 3.8) is 0 Å². The second-order valence-electron chi connectivity index (χ2n) is 9.41. The van der Waals surface area contributed by atoms with E-state index in [1.165, 1.54) is 49.5 Å². The van der Waals surface area contributed by atoms with Crippen molar-refractivity contribution in [1.29, 1.82) is 0 Å². The zero-order valence-electron chi connectivity index (χ0n) is 22.7. The average molecular weight is 563 g/mol. The highest BCUT2D eigenvalue weighted by Crippen LogP contribution is 2.43. The van der Waals surface area contributed by atoms with E-state index < -0.39 is 23.4 Å². The van der Waals surface area contributed by atoms with Gasteiger partial charge in [-0.25, -0.2) is 13.8 Å². The van der Waals surface area contributed by atoms with Gasteiger partial charge >= 0.3 is 0 Å². The number of carbonyl (C=O) groups is 1. The Hall–Kier alpha value is -4.93. The van der Waals surface area contributed by atoms with E-state index in [0.29, 0.717) is 34.9 Å². The molecule has 1 saturated heterocycles. The first-order chi connectivity index (χ1) is 19.8. The SMILES string of the molecule is C=C1N=C(c2cc(OC)ccn2)N(c2c(OC)cccc2OC)C(O)=C1C(=O)N1CCC(c2ccc(F)cc2F)C1. The molecule has 0 saturated carbocycles. The van der Waals surface area contributed by atoms with Gasteiger partial charge in [-0.05, 0) is 36.2 Å². The Kier molecular flexibility index (Phi) is 7.60. The van der Waals surface area contributed by atoms with Gasteiger partial charge in [-0.3, -0.25) is 14.7 Å². The summed E-state index contributed by atoms with van der Waals surface area (Å²) in [6.07, 6.45) is 1.98. The zero-order valence-corrected chi connectivity index (χ0v) is 22.7. The maximum absolute atomic E-state index is 14.5. The minimum atomic E-state index is -0.670. The number of hydrogen-bond acceptors (Lipinski definition) is 8. The van der Waals surface area contributed by atoms with E-state index in [2.05, 4.69) is 16.6 Å². The molecular weight excluding hydrogens is 534 g/mol. The van der Waals surface area contributed by atoms with Gasteiger partial charge in [0.2, 0.25) is 5.88 Å². The first kappa shape index (κ1) is 27.6. The van der Waals surface area contributed by atoms with E-state index in [1.54, 1.807) is 30.3 Å². The molecule has 1 atom stereocenters. The molecule has 0 bridgehead atoms. The summed E-state index contributed by atoms with van der Waals surface area (Å²) in [6.45, 7) is 4.42. The molecule has 1 unspecified atom stereocenters. The minimum Gasteiger partial charge on any atom is -0.497 e. The van der Waals surface area contributed by atoms with E-state index in [-0.39, 0.29) is 41.8 Å². The molecule has 41 heavy (non-hydrogen) atoms. The summed E-state index contributed by atoms with van der Waals surface area (Å²) in [5, 5.41) is 11.8. The Bertz CT molecular complexity index is 1570. The van der Waals surface area contributed by atoms with Crippen molar-refractivity contribution in [3.05, 3.63) is 101 Å². The van der Waals surface area contributed by atoms with Crippen LogP contribution in [0.15, 0.2) is 83.5 Å². The number of halogens is 2. The van der Waals surface area contributed by atoms with E-state index >= 15 is 0 Å². The number of rotatable bonds is 7. The number of methoxy groups -OCH3 is 3. The Balaban J connectivity index is 1.58. The molecule has 3 aromatic rings. The van der Waals surface area contributed by atoms with Crippen LogP contribution < -0.4 is 19.1 Å². The van der Waals surface area contributed by atoms with Gasteiger partial charge in [0.1, 0.15) is 45.8 Å². The van der Waals surface area contributed by atoms with Crippen molar-refractivity contribution in [3.8, 4) is 17.2 Å². The first-order valence-electron chi connectivity index (χ1n) is 12.7. The Morgan fingerprint density at radius 3 is 2.44 bits per heavy atom. The summed E-state index contributed by atoms with van der Waals surface area (Å²) < 4.78 is 44.5. The van der Waals surface area contributed by atoms with Gasteiger partial charge < -0.3 is 24.2 Å². The van der Waals surface area contributed by atoms with Crippen molar-refractivity contribution in [2.75, 3.05) is 39.3 Å². The number of carbonyl (C=O) groups excluding carboxylic acids is 1. The summed E-state index contributed by atoms with van der Waals surface area (Å²) in [5.41, 5.74) is 0.791. The number of amides is 1. The highest BCUT2D eigenvalue weighted by Gasteiger charge is 2.39. The first-order valence-corrected chi connectivity index (χ1v) is 12.7. The fourth-order valence-corrected chi connectivity index (χ4v) is 5.08. The van der Waals surface area contributed by atoms with Gasteiger partial charge in [-0.1, -0.05) is 18.7 Å². The number of anilines is 1. The number of para-hydroxylation sites is 1. The summed E-state index contributed by atoms with van der Waals surface area (Å²) >= 11 is 0. The molecule has 1 fully saturated rings. The van der Waals surface area contributed by atoms with Gasteiger partial charge in [-0.2, -0.15) is 0 Å². The molecule has 1 aromatic heterocycles. The Labute approximate surface area is 235 Å². The molecule has 0 aliphatic carbocycles. The number of likely N-dealkylation sites (tertiary alicyclic amines) is 1. The van der Waals surface area contributed by atoms with Crippen molar-refractivity contribution < 1.29 is 32.9 Å². The summed E-state index contributed by atoms with van der Waals surface area (Å²) in [6, 6.07) is 11.8. The van der Waals surface area contributed by atoms with E-state index in [9.17, 15) is 18.7 Å². The predicted molar refractivity (Wildman–Crippen MR) is 148 cm³/mol. The lowest BCUT2D eigenvalue weighted by Gasteiger charge is -2.33. The summed E-state index contributed by atoms with van der Waals surface area (Å²) in [4.78, 5) is 25.7. The predicted octanol–water partition coefficient (Wildman–Crippen LogP) is 4.95. The monoisotopic (exact) mass is 562 g/mol. The molecule has 2 aliphatic heterocycles. The van der Waals surface area contributed by atoms with E-state index in [4.69, 9.17) is 14.2 Å². The molecule has 0 radical (unpaired) electrons. The lowest BCUT2D eigenvalue weighted by Crippen LogP contribution is -2.40. The number of aromatic nitrogens is 1. The van der Waals surface area contributed by atoms with Crippen LogP contribution in [0.2, 0.25) is 0 Å². The van der Waals surface area contributed by atoms with Crippen LogP contribution in [0.1, 0.15) is 23.6 Å². The molecule has 2 aliphatic rings. The van der Waals surface area contributed by atoms with Crippen LogP contribution in [-0.4, -0.2) is 61.2 Å². The van der Waals surface area contributed by atoms with Gasteiger partial charge in [0.15, 0.2) is 5.84 Å². The number of aliphatic imine (C=N–C) groups is 1. The lowest BCUT2D eigenvalue weighted by atomic mass is 9.98. The van der Waals surface area contributed by atoms with Gasteiger partial charge in [0.05, 0.1) is 27.0 Å². The third kappa shape index (κ3) is 5.06. The maximum atomic E-state index is 14.5. The maximum Gasteiger partial charge on any atom is 0.261 e. The quantitative estimate of drug-likeness (QED) is 0.435. The third-order valence-corrected chi connectivity index (χ3v) is 7.09. The summed E-state index contributed by atoms with van der Waals surface area (Å²) in [7, 11) is 4.44. The fraction of sp³-hybridized carbons (Fsp3) is 0.233. The van der Waals surface area contributed by atoms with Crippen molar-refractivity contribution in [2.24, 2.45) is 4.99 Å². The lowest BCUT2D eigenvalue weighted by molar-refractivity contribution is -0.126. The molecule has 11 heteroatoms. The molecule has 1 N–H and O–H groups in total. The number of aliphatic hydroxyl groups is 1. The molecule has 2 aromatic carbocycles. The summed E-state index contributed by atoms with van der Waals surface area (Å²) in [5.74, 6) is -1.37. The van der Waals surface area contributed by atoms with Crippen LogP contribution in [0.3, 0.4) is 0 Å². The number of benzene rings is 2. The van der Waals surface area contributed by atoms with Crippen LogP contribution in [-0.2, 0) is 4.79 Å². The Morgan fingerprint density at radius 2 is 1.78 bits per heavy atom. The number of nitrogens with zero attached hydrogens (tertiary/aromatic N) is 4. The number of aliphatic hydroxyl groups excluding tert-OH is 1. The van der Waals surface area contributed by atoms with Gasteiger partial charge in [0.25, 0.3) is 5.91 Å². The van der Waals surface area contributed by atoms with Crippen molar-refractivity contribution >= 4 is 17.4 Å². The van der Waals surface area contributed by atoms with Crippen LogP contribution in [0.5, 0.6) is 17.2 Å². The van der Waals surface area contributed by atoms with Gasteiger partial charge in [-0.15, -0.1) is 0 Å². The molecule has 0 spiro atoms. The zero-order chi connectivity index (χ0) is 29.3. The second kappa shape index (κ2) is 11.3. The number of hydrogen-bond donors (Lipinski definition) is 1. The molecule has 212 valence electrons. The molecule has 1 amide bonds. The largest absolute Gasteiger partial charge is 0.497 e. The van der Waals surface area contributed by atoms with Crippen LogP contribution in [0, 0.1) is 11.6 Å². The van der Waals surface area contributed by atoms with Gasteiger partial charge in [0, 0.05) is 37.3 Å². The number of amidine groups is 1. The van der Waals surface area contributed by atoms with Crippen LogP contribution in [0.25, 0.3) is 0 Å². The average Bonchev–Trinajstić information content (AvgIpc) is 3.46. The number of pyridine rings is 1. The Morgan fingerprint density at radius 1 is 1.05 bits per heavy atom. The van der Waals surface area contributed by atoms with E-state index in [0.717, 1.165) is 6.07 Å². The highest BCUT2D eigenvalue weighted by molar-refractivity contribution is 6.16.